The number of carbonyl (C=O) groups is 2. The number of nitrogens with one attached hydrogen (secondary N) is 3. The average molecular weight is 371 g/mol. The highest BCUT2D eigenvalue weighted by molar-refractivity contribution is 5.91. The lowest BCUT2D eigenvalue weighted by molar-refractivity contribution is -0.127. The van der Waals surface area contributed by atoms with Crippen LogP contribution in [0.15, 0.2) is 30.5 Å². The first-order valence-electron chi connectivity index (χ1n) is 9.76. The van der Waals surface area contributed by atoms with E-state index in [4.69, 9.17) is 0 Å². The fourth-order valence-corrected chi connectivity index (χ4v) is 4.19. The highest BCUT2D eigenvalue weighted by Crippen LogP contribution is 2.27. The number of aromatic nitrogens is 1. The number of carbonyl (C=O) groups excluding carboxylic acids is 1. The third kappa shape index (κ3) is 4.43. The van der Waals surface area contributed by atoms with E-state index < -0.39 is 11.6 Å². The number of para-hydroxylation sites is 1. The van der Waals surface area contributed by atoms with Gasteiger partial charge in [0.05, 0.1) is 0 Å². The molecule has 6 heteroatoms. The first-order chi connectivity index (χ1) is 12.9. The Morgan fingerprint density at radius 3 is 2.67 bits per heavy atom. The molecule has 0 aliphatic heterocycles. The van der Waals surface area contributed by atoms with E-state index in [1.165, 1.54) is 19.3 Å². The molecule has 0 spiro atoms. The van der Waals surface area contributed by atoms with Crippen LogP contribution in [0.4, 0.5) is 4.79 Å². The van der Waals surface area contributed by atoms with Gasteiger partial charge in [-0.15, -0.1) is 0 Å². The molecule has 2 atom stereocenters. The van der Waals surface area contributed by atoms with Crippen LogP contribution >= 0.6 is 0 Å². The lowest BCUT2D eigenvalue weighted by Gasteiger charge is -2.33. The topological polar surface area (TPSA) is 94.2 Å². The van der Waals surface area contributed by atoms with Crippen molar-refractivity contribution in [2.75, 3.05) is 0 Å². The summed E-state index contributed by atoms with van der Waals surface area (Å²) in [6, 6.07) is 7.86. The third-order valence-electron chi connectivity index (χ3n) is 5.82. The fraction of sp³-hybridized carbons (Fsp3) is 0.524. The Balaban J connectivity index is 1.78. The Kier molecular flexibility index (Phi) is 5.73. The van der Waals surface area contributed by atoms with Crippen molar-refractivity contribution in [3.63, 3.8) is 0 Å². The Bertz CT molecular complexity index is 810. The van der Waals surface area contributed by atoms with Crippen LogP contribution in [0.25, 0.3) is 10.9 Å². The summed E-state index contributed by atoms with van der Waals surface area (Å²) < 4.78 is 0. The number of benzene rings is 1. The van der Waals surface area contributed by atoms with Crippen molar-refractivity contribution in [2.24, 2.45) is 5.92 Å². The number of rotatable bonds is 6. The lowest BCUT2D eigenvalue weighted by atomic mass is 9.84. The summed E-state index contributed by atoms with van der Waals surface area (Å²) in [5.41, 5.74) is 0.656. The summed E-state index contributed by atoms with van der Waals surface area (Å²) in [6.45, 7) is 3.69. The molecule has 1 heterocycles. The summed E-state index contributed by atoms with van der Waals surface area (Å²) in [5, 5.41) is 15.9. The van der Waals surface area contributed by atoms with Crippen LogP contribution in [-0.2, 0) is 11.2 Å². The first kappa shape index (κ1) is 19.3. The van der Waals surface area contributed by atoms with E-state index in [0.717, 1.165) is 29.3 Å². The van der Waals surface area contributed by atoms with Crippen LogP contribution in [-0.4, -0.2) is 33.7 Å². The third-order valence-corrected chi connectivity index (χ3v) is 5.82. The molecule has 1 saturated carbocycles. The van der Waals surface area contributed by atoms with Gasteiger partial charge in [-0.2, -0.15) is 0 Å². The number of aromatic amines is 1. The summed E-state index contributed by atoms with van der Waals surface area (Å²) in [7, 11) is 0. The van der Waals surface area contributed by atoms with Crippen molar-refractivity contribution in [1.29, 1.82) is 0 Å². The zero-order valence-corrected chi connectivity index (χ0v) is 16.0. The fourth-order valence-electron chi connectivity index (χ4n) is 4.19. The van der Waals surface area contributed by atoms with Gasteiger partial charge in [0.25, 0.3) is 0 Å². The van der Waals surface area contributed by atoms with Crippen molar-refractivity contribution < 1.29 is 14.7 Å². The first-order valence-corrected chi connectivity index (χ1v) is 9.76. The molecule has 1 aromatic heterocycles. The monoisotopic (exact) mass is 371 g/mol. The standard InChI is InChI=1S/C21H29N3O3/c1-14(15-8-4-3-5-9-15)23-19(25)21(2,24-20(26)27)12-16-13-22-18-11-7-6-10-17(16)18/h6-7,10-11,13-15,22,24H,3-5,8-9,12H2,1-2H3,(H,23,25)(H,26,27). The molecule has 4 N–H and O–H groups in total. The maximum atomic E-state index is 13.1. The largest absolute Gasteiger partial charge is 0.465 e. The Morgan fingerprint density at radius 2 is 1.96 bits per heavy atom. The number of fused-ring (bicyclic) bond motifs is 1. The average Bonchev–Trinajstić information content (AvgIpc) is 3.04. The minimum Gasteiger partial charge on any atom is -0.465 e. The molecule has 0 radical (unpaired) electrons. The normalized spacial score (nSPS) is 18.6. The molecule has 27 heavy (non-hydrogen) atoms. The van der Waals surface area contributed by atoms with Crippen molar-refractivity contribution in [2.45, 2.75) is 64.0 Å². The molecule has 6 nitrogen and oxygen atoms in total. The number of hydrogen-bond acceptors (Lipinski definition) is 2. The van der Waals surface area contributed by atoms with Gasteiger partial charge in [0.2, 0.25) is 5.91 Å². The number of H-pyrrole nitrogens is 1. The van der Waals surface area contributed by atoms with Crippen molar-refractivity contribution in [1.82, 2.24) is 15.6 Å². The van der Waals surface area contributed by atoms with E-state index >= 15 is 0 Å². The molecule has 2 amide bonds. The Morgan fingerprint density at radius 1 is 1.26 bits per heavy atom. The van der Waals surface area contributed by atoms with E-state index in [-0.39, 0.29) is 18.4 Å². The van der Waals surface area contributed by atoms with Crippen LogP contribution in [0.1, 0.15) is 51.5 Å². The van der Waals surface area contributed by atoms with Gasteiger partial charge in [-0.05, 0) is 44.2 Å². The molecule has 0 saturated heterocycles. The highest BCUT2D eigenvalue weighted by Gasteiger charge is 2.37. The van der Waals surface area contributed by atoms with Crippen LogP contribution in [0.3, 0.4) is 0 Å². The SMILES string of the molecule is CC(NC(=O)C(C)(Cc1c[nH]c2ccccc12)NC(=O)O)C1CCCCC1. The molecular weight excluding hydrogens is 342 g/mol. The van der Waals surface area contributed by atoms with Gasteiger partial charge < -0.3 is 20.7 Å². The van der Waals surface area contributed by atoms with Gasteiger partial charge in [-0.25, -0.2) is 4.79 Å². The number of hydrogen-bond donors (Lipinski definition) is 4. The summed E-state index contributed by atoms with van der Waals surface area (Å²) >= 11 is 0. The van der Waals surface area contributed by atoms with E-state index in [0.29, 0.717) is 5.92 Å². The molecule has 2 aromatic rings. The summed E-state index contributed by atoms with van der Waals surface area (Å²) in [6.07, 6.45) is 6.83. The van der Waals surface area contributed by atoms with E-state index in [1.807, 2.05) is 37.4 Å². The van der Waals surface area contributed by atoms with Crippen LogP contribution in [0.2, 0.25) is 0 Å². The van der Waals surface area contributed by atoms with Crippen LogP contribution < -0.4 is 10.6 Å². The van der Waals surface area contributed by atoms with E-state index in [2.05, 4.69) is 15.6 Å². The molecule has 0 bridgehead atoms. The van der Waals surface area contributed by atoms with Gasteiger partial charge in [0.15, 0.2) is 0 Å². The van der Waals surface area contributed by atoms with E-state index in [9.17, 15) is 14.7 Å². The quantitative estimate of drug-likeness (QED) is 0.622. The molecule has 2 unspecified atom stereocenters. The minimum absolute atomic E-state index is 0.0377. The maximum absolute atomic E-state index is 13.1. The highest BCUT2D eigenvalue weighted by atomic mass is 16.4. The lowest BCUT2D eigenvalue weighted by Crippen LogP contribution is -2.60. The molecule has 1 aromatic carbocycles. The number of carboxylic acid groups (broad SMARTS) is 1. The van der Waals surface area contributed by atoms with Gasteiger partial charge in [0, 0.05) is 29.6 Å². The second kappa shape index (κ2) is 8.03. The predicted molar refractivity (Wildman–Crippen MR) is 106 cm³/mol. The molecule has 1 fully saturated rings. The van der Waals surface area contributed by atoms with Gasteiger partial charge in [-0.1, -0.05) is 37.5 Å². The molecule has 1 aliphatic rings. The molecule has 1 aliphatic carbocycles. The van der Waals surface area contributed by atoms with Crippen molar-refractivity contribution in [3.8, 4) is 0 Å². The van der Waals surface area contributed by atoms with Crippen LogP contribution in [0, 0.1) is 5.92 Å². The predicted octanol–water partition coefficient (Wildman–Crippen LogP) is 3.82. The summed E-state index contributed by atoms with van der Waals surface area (Å²) in [4.78, 5) is 27.7. The summed E-state index contributed by atoms with van der Waals surface area (Å²) in [5.74, 6) is 0.193. The zero-order chi connectivity index (χ0) is 19.4. The Labute approximate surface area is 159 Å². The zero-order valence-electron chi connectivity index (χ0n) is 16.0. The minimum atomic E-state index is -1.24. The maximum Gasteiger partial charge on any atom is 0.405 e. The smallest absolute Gasteiger partial charge is 0.405 e. The van der Waals surface area contributed by atoms with Gasteiger partial charge >= 0.3 is 6.09 Å². The molecular formula is C21H29N3O3. The number of amides is 2. The van der Waals surface area contributed by atoms with Gasteiger partial charge in [-0.3, -0.25) is 4.79 Å². The molecule has 146 valence electrons. The van der Waals surface area contributed by atoms with E-state index in [1.54, 1.807) is 6.92 Å². The van der Waals surface area contributed by atoms with Crippen LogP contribution in [0.5, 0.6) is 0 Å². The second-order valence-corrected chi connectivity index (χ2v) is 7.96. The van der Waals surface area contributed by atoms with Gasteiger partial charge in [0.1, 0.15) is 5.54 Å². The second-order valence-electron chi connectivity index (χ2n) is 7.96. The molecule has 3 rings (SSSR count). The Hall–Kier alpha value is -2.50. The van der Waals surface area contributed by atoms with Crippen molar-refractivity contribution in [3.05, 3.63) is 36.0 Å². The van der Waals surface area contributed by atoms with Crippen molar-refractivity contribution >= 4 is 22.9 Å².